The molecule has 0 heterocycles. The highest BCUT2D eigenvalue weighted by Crippen LogP contribution is 2.29. The van der Waals surface area contributed by atoms with Crippen molar-refractivity contribution in [1.82, 2.24) is 0 Å². The second-order valence-electron chi connectivity index (χ2n) is 5.31. The van der Waals surface area contributed by atoms with Crippen molar-refractivity contribution in [3.8, 4) is 0 Å². The normalized spacial score (nSPS) is 21.6. The quantitative estimate of drug-likeness (QED) is 0.558. The minimum absolute atomic E-state index is 0.198. The van der Waals surface area contributed by atoms with Crippen molar-refractivity contribution < 1.29 is 4.79 Å². The average molecular weight is 238 g/mol. The number of ketones is 1. The molecule has 18 heavy (non-hydrogen) atoms. The lowest BCUT2D eigenvalue weighted by atomic mass is 9.86. The molecule has 1 aromatic carbocycles. The summed E-state index contributed by atoms with van der Waals surface area (Å²) in [5, 5.41) is 0. The van der Waals surface area contributed by atoms with Crippen molar-refractivity contribution in [2.75, 3.05) is 0 Å². The molecular formula is C17H18O. The Morgan fingerprint density at radius 2 is 2.17 bits per heavy atom. The van der Waals surface area contributed by atoms with Gasteiger partial charge >= 0.3 is 0 Å². The third kappa shape index (κ3) is 1.94. The molecule has 0 saturated heterocycles. The molecule has 2 aliphatic rings. The Balaban J connectivity index is 1.85. The molecule has 0 saturated carbocycles. The van der Waals surface area contributed by atoms with Crippen molar-refractivity contribution in [3.63, 3.8) is 0 Å². The Morgan fingerprint density at radius 3 is 2.94 bits per heavy atom. The van der Waals surface area contributed by atoms with E-state index in [2.05, 4.69) is 37.3 Å². The first kappa shape index (κ1) is 11.5. The molecule has 0 radical (unpaired) electrons. The van der Waals surface area contributed by atoms with Crippen LogP contribution in [0.15, 0.2) is 36.4 Å². The highest BCUT2D eigenvalue weighted by Gasteiger charge is 2.21. The fourth-order valence-corrected chi connectivity index (χ4v) is 2.94. The SMILES string of the molecule is CC1=CCc2cc(C(=O)C3CC=CCC3)ccc21. The van der Waals surface area contributed by atoms with Crippen LogP contribution in [-0.4, -0.2) is 5.78 Å². The van der Waals surface area contributed by atoms with E-state index in [1.165, 1.54) is 16.7 Å². The van der Waals surface area contributed by atoms with Gasteiger partial charge in [-0.1, -0.05) is 30.4 Å². The summed E-state index contributed by atoms with van der Waals surface area (Å²) in [4.78, 5) is 12.4. The van der Waals surface area contributed by atoms with Crippen LogP contribution in [0, 0.1) is 5.92 Å². The minimum Gasteiger partial charge on any atom is -0.294 e. The van der Waals surface area contributed by atoms with Gasteiger partial charge in [-0.15, -0.1) is 0 Å². The van der Waals surface area contributed by atoms with Crippen molar-refractivity contribution in [3.05, 3.63) is 53.1 Å². The van der Waals surface area contributed by atoms with Gasteiger partial charge in [-0.05, 0) is 55.4 Å². The van der Waals surface area contributed by atoms with Crippen LogP contribution in [0.1, 0.15) is 47.7 Å². The van der Waals surface area contributed by atoms with Gasteiger partial charge in [0.05, 0.1) is 0 Å². The molecule has 0 N–H and O–H groups in total. The molecule has 1 heteroatoms. The number of hydrogen-bond acceptors (Lipinski definition) is 1. The number of fused-ring (bicyclic) bond motifs is 1. The molecule has 0 bridgehead atoms. The lowest BCUT2D eigenvalue weighted by molar-refractivity contribution is 0.0912. The standard InChI is InChI=1S/C17H18O/c1-12-7-8-14-11-15(9-10-16(12)14)17(18)13-5-3-2-4-6-13/h2-3,7,9-11,13H,4-6,8H2,1H3. The number of carbonyl (C=O) groups excluding carboxylic acids is 1. The van der Waals surface area contributed by atoms with E-state index in [-0.39, 0.29) is 5.92 Å². The first-order valence-electron chi connectivity index (χ1n) is 6.75. The van der Waals surface area contributed by atoms with Gasteiger partial charge in [-0.3, -0.25) is 4.79 Å². The van der Waals surface area contributed by atoms with E-state index in [1.54, 1.807) is 0 Å². The van der Waals surface area contributed by atoms with E-state index in [0.717, 1.165) is 31.2 Å². The average Bonchev–Trinajstić information content (AvgIpc) is 2.80. The maximum atomic E-state index is 12.4. The summed E-state index contributed by atoms with van der Waals surface area (Å²) >= 11 is 0. The summed E-state index contributed by atoms with van der Waals surface area (Å²) in [7, 11) is 0. The number of rotatable bonds is 2. The van der Waals surface area contributed by atoms with Gasteiger partial charge in [0.2, 0.25) is 0 Å². The Morgan fingerprint density at radius 1 is 1.28 bits per heavy atom. The maximum absolute atomic E-state index is 12.4. The van der Waals surface area contributed by atoms with Crippen LogP contribution in [0.5, 0.6) is 0 Å². The third-order valence-corrected chi connectivity index (χ3v) is 4.08. The fourth-order valence-electron chi connectivity index (χ4n) is 2.94. The summed E-state index contributed by atoms with van der Waals surface area (Å²) in [6.07, 6.45) is 10.5. The molecule has 92 valence electrons. The van der Waals surface area contributed by atoms with Crippen molar-refractivity contribution >= 4 is 11.4 Å². The largest absolute Gasteiger partial charge is 0.294 e. The highest BCUT2D eigenvalue weighted by atomic mass is 16.1. The Kier molecular flexibility index (Phi) is 2.91. The topological polar surface area (TPSA) is 17.1 Å². The summed E-state index contributed by atoms with van der Waals surface area (Å²) < 4.78 is 0. The fraction of sp³-hybridized carbons (Fsp3) is 0.353. The number of benzene rings is 1. The summed E-state index contributed by atoms with van der Waals surface area (Å²) in [5.41, 5.74) is 4.86. The van der Waals surface area contributed by atoms with Gasteiger partial charge in [0.25, 0.3) is 0 Å². The lowest BCUT2D eigenvalue weighted by Gasteiger charge is -2.17. The molecule has 0 fully saturated rings. The molecular weight excluding hydrogens is 220 g/mol. The lowest BCUT2D eigenvalue weighted by Crippen LogP contribution is -2.16. The Bertz CT molecular complexity index is 549. The second-order valence-corrected chi connectivity index (χ2v) is 5.31. The molecule has 1 unspecified atom stereocenters. The van der Waals surface area contributed by atoms with E-state index in [1.807, 2.05) is 6.07 Å². The Labute approximate surface area is 108 Å². The molecule has 0 spiro atoms. The van der Waals surface area contributed by atoms with E-state index >= 15 is 0 Å². The second kappa shape index (κ2) is 4.56. The van der Waals surface area contributed by atoms with Gasteiger partial charge in [0.1, 0.15) is 0 Å². The molecule has 3 rings (SSSR count). The van der Waals surface area contributed by atoms with Crippen molar-refractivity contribution in [2.24, 2.45) is 5.92 Å². The Hall–Kier alpha value is -1.63. The predicted octanol–water partition coefficient (Wildman–Crippen LogP) is 4.19. The van der Waals surface area contributed by atoms with Crippen LogP contribution < -0.4 is 0 Å². The zero-order valence-corrected chi connectivity index (χ0v) is 10.8. The van der Waals surface area contributed by atoms with E-state index < -0.39 is 0 Å². The van der Waals surface area contributed by atoms with Crippen LogP contribution in [-0.2, 0) is 6.42 Å². The molecule has 1 aromatic rings. The number of allylic oxidation sites excluding steroid dienone is 4. The highest BCUT2D eigenvalue weighted by molar-refractivity contribution is 5.98. The van der Waals surface area contributed by atoms with Crippen molar-refractivity contribution in [2.45, 2.75) is 32.6 Å². The summed E-state index contributed by atoms with van der Waals surface area (Å²) in [6, 6.07) is 6.21. The monoisotopic (exact) mass is 238 g/mol. The number of Topliss-reactive ketones (excluding diaryl/α,β-unsaturated/α-hetero) is 1. The van der Waals surface area contributed by atoms with Crippen LogP contribution in [0.2, 0.25) is 0 Å². The molecule has 0 aromatic heterocycles. The maximum Gasteiger partial charge on any atom is 0.166 e. The van der Waals surface area contributed by atoms with Crippen LogP contribution in [0.4, 0.5) is 0 Å². The van der Waals surface area contributed by atoms with Crippen LogP contribution >= 0.6 is 0 Å². The molecule has 0 aliphatic heterocycles. The zero-order chi connectivity index (χ0) is 12.5. The van der Waals surface area contributed by atoms with E-state index in [4.69, 9.17) is 0 Å². The van der Waals surface area contributed by atoms with Gasteiger partial charge in [0, 0.05) is 11.5 Å². The summed E-state index contributed by atoms with van der Waals surface area (Å²) in [5.74, 6) is 0.523. The molecule has 2 aliphatic carbocycles. The first-order chi connectivity index (χ1) is 8.75. The minimum atomic E-state index is 0.198. The molecule has 1 nitrogen and oxygen atoms in total. The van der Waals surface area contributed by atoms with E-state index in [0.29, 0.717) is 5.78 Å². The van der Waals surface area contributed by atoms with Gasteiger partial charge < -0.3 is 0 Å². The van der Waals surface area contributed by atoms with Gasteiger partial charge in [-0.2, -0.15) is 0 Å². The van der Waals surface area contributed by atoms with Crippen LogP contribution in [0.25, 0.3) is 5.57 Å². The smallest absolute Gasteiger partial charge is 0.166 e. The zero-order valence-electron chi connectivity index (χ0n) is 10.8. The predicted molar refractivity (Wildman–Crippen MR) is 74.6 cm³/mol. The third-order valence-electron chi connectivity index (χ3n) is 4.08. The van der Waals surface area contributed by atoms with E-state index in [9.17, 15) is 4.79 Å². The van der Waals surface area contributed by atoms with Crippen LogP contribution in [0.3, 0.4) is 0 Å². The molecule has 0 amide bonds. The first-order valence-corrected chi connectivity index (χ1v) is 6.75. The summed E-state index contributed by atoms with van der Waals surface area (Å²) in [6.45, 7) is 2.14. The molecule has 1 atom stereocenters. The van der Waals surface area contributed by atoms with Crippen molar-refractivity contribution in [1.29, 1.82) is 0 Å². The van der Waals surface area contributed by atoms with Gasteiger partial charge in [0.15, 0.2) is 5.78 Å². The number of hydrogen-bond donors (Lipinski definition) is 0. The van der Waals surface area contributed by atoms with Gasteiger partial charge in [-0.25, -0.2) is 0 Å². The number of carbonyl (C=O) groups is 1.